The highest BCUT2D eigenvalue weighted by Crippen LogP contribution is 2.17. The second-order valence-corrected chi connectivity index (χ2v) is 5.15. The van der Waals surface area contributed by atoms with Crippen molar-refractivity contribution in [3.05, 3.63) is 29.3 Å². The Kier molecular flexibility index (Phi) is 5.91. The lowest BCUT2D eigenvalue weighted by Gasteiger charge is -2.09. The first kappa shape index (κ1) is 12.7. The number of aliphatic hydroxyl groups is 1. The summed E-state index contributed by atoms with van der Waals surface area (Å²) >= 11 is 7.50. The fraction of sp³-hybridized carbons (Fsp3) is 0.455. The Morgan fingerprint density at radius 3 is 3.00 bits per heavy atom. The van der Waals surface area contributed by atoms with Gasteiger partial charge >= 0.3 is 0 Å². The molecule has 1 aromatic carbocycles. The van der Waals surface area contributed by atoms with Crippen LogP contribution in [-0.4, -0.2) is 29.3 Å². The van der Waals surface area contributed by atoms with Crippen molar-refractivity contribution in [1.29, 1.82) is 0 Å². The topological polar surface area (TPSA) is 29.5 Å². The molecule has 0 aliphatic rings. The van der Waals surface area contributed by atoms with Gasteiger partial charge in [-0.25, -0.2) is 0 Å². The van der Waals surface area contributed by atoms with E-state index in [1.54, 1.807) is 17.8 Å². The van der Waals surface area contributed by atoms with Crippen LogP contribution in [0.25, 0.3) is 0 Å². The summed E-state index contributed by atoms with van der Waals surface area (Å²) in [6.07, 6.45) is 0. The summed E-state index contributed by atoms with van der Waals surface area (Å²) in [7, 11) is 0. The Bertz CT molecular complexity index is 294. The van der Waals surface area contributed by atoms with Crippen molar-refractivity contribution in [1.82, 2.24) is 0 Å². The molecule has 0 aliphatic carbocycles. The highest BCUT2D eigenvalue weighted by Gasteiger charge is 2.00. The molecule has 0 bridgehead atoms. The molecule has 1 N–H and O–H groups in total. The maximum atomic E-state index is 8.81. The predicted molar refractivity (Wildman–Crippen MR) is 66.0 cm³/mol. The number of ether oxygens (including phenoxy) is 1. The number of hydrogen-bond acceptors (Lipinski definition) is 3. The zero-order valence-electron chi connectivity index (χ0n) is 8.65. The van der Waals surface area contributed by atoms with Crippen molar-refractivity contribution < 1.29 is 9.84 Å². The molecular weight excluding hydrogens is 232 g/mol. The lowest BCUT2D eigenvalue weighted by Crippen LogP contribution is -2.07. The van der Waals surface area contributed by atoms with Crippen LogP contribution >= 0.6 is 23.4 Å². The number of thioether (sulfide) groups is 1. The molecule has 84 valence electrons. The summed E-state index contributed by atoms with van der Waals surface area (Å²) in [5.74, 6) is 1.66. The Morgan fingerprint density at radius 2 is 2.33 bits per heavy atom. The van der Waals surface area contributed by atoms with Crippen molar-refractivity contribution in [3.8, 4) is 5.75 Å². The van der Waals surface area contributed by atoms with Crippen LogP contribution in [0.5, 0.6) is 5.75 Å². The first-order valence-corrected chi connectivity index (χ1v) is 6.26. The van der Waals surface area contributed by atoms with Crippen LogP contribution in [-0.2, 0) is 0 Å². The minimum absolute atomic E-state index is 0.210. The summed E-state index contributed by atoms with van der Waals surface area (Å²) in [5.41, 5.74) is 0. The third-order valence-corrected chi connectivity index (χ3v) is 3.16. The number of rotatable bonds is 6. The van der Waals surface area contributed by atoms with Crippen molar-refractivity contribution in [2.75, 3.05) is 19.0 Å². The van der Waals surface area contributed by atoms with Crippen molar-refractivity contribution in [2.24, 2.45) is 0 Å². The van der Waals surface area contributed by atoms with Gasteiger partial charge in [-0.05, 0) is 18.2 Å². The van der Waals surface area contributed by atoms with E-state index < -0.39 is 0 Å². The lowest BCUT2D eigenvalue weighted by atomic mass is 10.3. The second kappa shape index (κ2) is 6.99. The fourth-order valence-corrected chi connectivity index (χ4v) is 1.89. The third kappa shape index (κ3) is 5.30. The monoisotopic (exact) mass is 246 g/mol. The molecule has 0 fully saturated rings. The molecule has 1 unspecified atom stereocenters. The SMILES string of the molecule is CC(CO)SCCOc1cccc(Cl)c1. The molecule has 0 spiro atoms. The van der Waals surface area contributed by atoms with Gasteiger partial charge in [-0.3, -0.25) is 0 Å². The Hall–Kier alpha value is -0.380. The van der Waals surface area contributed by atoms with Crippen molar-refractivity contribution >= 4 is 23.4 Å². The van der Waals surface area contributed by atoms with Crippen LogP contribution in [0.3, 0.4) is 0 Å². The summed E-state index contributed by atoms with van der Waals surface area (Å²) < 4.78 is 5.49. The minimum atomic E-state index is 0.210. The van der Waals surface area contributed by atoms with Gasteiger partial charge in [-0.15, -0.1) is 0 Å². The van der Waals surface area contributed by atoms with Gasteiger partial charge in [0.25, 0.3) is 0 Å². The maximum Gasteiger partial charge on any atom is 0.120 e. The molecule has 0 saturated heterocycles. The first-order valence-electron chi connectivity index (χ1n) is 4.83. The Labute approximate surface area is 99.6 Å². The smallest absolute Gasteiger partial charge is 0.120 e. The average molecular weight is 247 g/mol. The van der Waals surface area contributed by atoms with Gasteiger partial charge in [0, 0.05) is 16.0 Å². The maximum absolute atomic E-state index is 8.81. The van der Waals surface area contributed by atoms with Crippen LogP contribution in [0.15, 0.2) is 24.3 Å². The number of benzene rings is 1. The number of halogens is 1. The van der Waals surface area contributed by atoms with Gasteiger partial charge in [0.05, 0.1) is 13.2 Å². The Morgan fingerprint density at radius 1 is 1.53 bits per heavy atom. The molecular formula is C11H15ClO2S. The van der Waals surface area contributed by atoms with Gasteiger partial charge in [0.15, 0.2) is 0 Å². The van der Waals surface area contributed by atoms with Crippen molar-refractivity contribution in [3.63, 3.8) is 0 Å². The summed E-state index contributed by atoms with van der Waals surface area (Å²) in [4.78, 5) is 0. The zero-order valence-corrected chi connectivity index (χ0v) is 10.2. The number of aliphatic hydroxyl groups excluding tert-OH is 1. The van der Waals surface area contributed by atoms with E-state index in [0.717, 1.165) is 11.5 Å². The third-order valence-electron chi connectivity index (χ3n) is 1.81. The molecule has 0 amide bonds. The molecule has 1 rings (SSSR count). The minimum Gasteiger partial charge on any atom is -0.493 e. The van der Waals surface area contributed by atoms with Gasteiger partial charge < -0.3 is 9.84 Å². The average Bonchev–Trinajstić information content (AvgIpc) is 2.24. The first-order chi connectivity index (χ1) is 7.22. The molecule has 0 radical (unpaired) electrons. The second-order valence-electron chi connectivity index (χ2n) is 3.17. The van der Waals surface area contributed by atoms with Crippen LogP contribution in [0.2, 0.25) is 5.02 Å². The normalized spacial score (nSPS) is 12.5. The van der Waals surface area contributed by atoms with E-state index in [0.29, 0.717) is 11.6 Å². The molecule has 2 nitrogen and oxygen atoms in total. The zero-order chi connectivity index (χ0) is 11.1. The van der Waals surface area contributed by atoms with E-state index in [9.17, 15) is 0 Å². The van der Waals surface area contributed by atoms with E-state index in [1.807, 2.05) is 25.1 Å². The predicted octanol–water partition coefficient (Wildman–Crippen LogP) is 2.83. The molecule has 0 aromatic heterocycles. The number of hydrogen-bond donors (Lipinski definition) is 1. The summed E-state index contributed by atoms with van der Waals surface area (Å²) in [5, 5.41) is 9.76. The highest BCUT2D eigenvalue weighted by molar-refractivity contribution is 7.99. The summed E-state index contributed by atoms with van der Waals surface area (Å²) in [6.45, 7) is 2.83. The van der Waals surface area contributed by atoms with E-state index in [4.69, 9.17) is 21.4 Å². The van der Waals surface area contributed by atoms with Crippen LogP contribution in [0, 0.1) is 0 Å². The van der Waals surface area contributed by atoms with Gasteiger partial charge in [-0.2, -0.15) is 11.8 Å². The molecule has 0 heterocycles. The standard InChI is InChI=1S/C11H15ClO2S/c1-9(8-13)15-6-5-14-11-4-2-3-10(12)7-11/h2-4,7,9,13H,5-6,8H2,1H3. The van der Waals surface area contributed by atoms with Gasteiger partial charge in [0.1, 0.15) is 5.75 Å². The van der Waals surface area contributed by atoms with Crippen LogP contribution < -0.4 is 4.74 Å². The quantitative estimate of drug-likeness (QED) is 0.783. The van der Waals surface area contributed by atoms with E-state index in [2.05, 4.69) is 0 Å². The highest BCUT2D eigenvalue weighted by atomic mass is 35.5. The van der Waals surface area contributed by atoms with Crippen molar-refractivity contribution in [2.45, 2.75) is 12.2 Å². The molecule has 0 aliphatic heterocycles. The largest absolute Gasteiger partial charge is 0.493 e. The molecule has 15 heavy (non-hydrogen) atoms. The molecule has 0 saturated carbocycles. The Balaban J connectivity index is 2.20. The molecule has 1 aromatic rings. The molecule has 1 atom stereocenters. The summed E-state index contributed by atoms with van der Waals surface area (Å²) in [6, 6.07) is 7.35. The van der Waals surface area contributed by atoms with E-state index in [1.165, 1.54) is 0 Å². The van der Waals surface area contributed by atoms with Gasteiger partial charge in [0.2, 0.25) is 0 Å². The molecule has 4 heteroatoms. The van der Waals surface area contributed by atoms with E-state index >= 15 is 0 Å². The van der Waals surface area contributed by atoms with E-state index in [-0.39, 0.29) is 11.9 Å². The van der Waals surface area contributed by atoms with Gasteiger partial charge in [-0.1, -0.05) is 24.6 Å². The lowest BCUT2D eigenvalue weighted by molar-refractivity contribution is 0.299. The van der Waals surface area contributed by atoms with Crippen LogP contribution in [0.1, 0.15) is 6.92 Å². The van der Waals surface area contributed by atoms with Crippen LogP contribution in [0.4, 0.5) is 0 Å². The fourth-order valence-electron chi connectivity index (χ4n) is 1.02.